The topological polar surface area (TPSA) is 65.1 Å². The third kappa shape index (κ3) is 4.79. The minimum absolute atomic E-state index is 0.172. The maximum absolute atomic E-state index is 13.3. The molecule has 0 atom stereocenters. The predicted molar refractivity (Wildman–Crippen MR) is 121 cm³/mol. The summed E-state index contributed by atoms with van der Waals surface area (Å²) in [5.41, 5.74) is 3.28. The van der Waals surface area contributed by atoms with Crippen LogP contribution in [-0.4, -0.2) is 48.8 Å². The number of rotatable bonds is 3. The number of carbonyl (C=O) groups is 2. The summed E-state index contributed by atoms with van der Waals surface area (Å²) in [5, 5.41) is 2.95. The summed E-state index contributed by atoms with van der Waals surface area (Å²) in [5.74, 6) is -0.301. The van der Waals surface area contributed by atoms with Crippen molar-refractivity contribution in [3.05, 3.63) is 59.4 Å². The Kier molecular flexibility index (Phi) is 5.95. The molecule has 2 aromatic carbocycles. The molecule has 0 radical (unpaired) electrons. The van der Waals surface area contributed by atoms with Crippen molar-refractivity contribution in [2.24, 2.45) is 0 Å². The standard InChI is InChI=1S/C24H29FN4O3/c1-24(2,3)32-23(31)28-13-11-27(12-14-28)20-5-4-6-21-19(20)15-26-22(30)29(21)16-17-7-9-18(25)10-8-17/h4-10H,11-16H2,1-3H3,(H,26,30). The number of piperazine rings is 1. The summed E-state index contributed by atoms with van der Waals surface area (Å²) in [6, 6.07) is 12.0. The Hall–Kier alpha value is -3.29. The summed E-state index contributed by atoms with van der Waals surface area (Å²) in [4.78, 5) is 30.7. The molecular weight excluding hydrogens is 411 g/mol. The van der Waals surface area contributed by atoms with Crippen LogP contribution in [0.3, 0.4) is 0 Å². The molecule has 8 heteroatoms. The van der Waals surface area contributed by atoms with Crippen LogP contribution < -0.4 is 15.1 Å². The highest BCUT2D eigenvalue weighted by molar-refractivity contribution is 5.96. The number of halogens is 1. The highest BCUT2D eigenvalue weighted by Gasteiger charge is 2.30. The van der Waals surface area contributed by atoms with Gasteiger partial charge in [-0.15, -0.1) is 0 Å². The van der Waals surface area contributed by atoms with Crippen LogP contribution in [0.5, 0.6) is 0 Å². The molecule has 0 bridgehead atoms. The first kappa shape index (κ1) is 21.9. The van der Waals surface area contributed by atoms with E-state index in [0.717, 1.165) is 22.5 Å². The van der Waals surface area contributed by atoms with E-state index in [1.807, 2.05) is 32.9 Å². The van der Waals surface area contributed by atoms with Gasteiger partial charge in [-0.2, -0.15) is 0 Å². The van der Waals surface area contributed by atoms with E-state index in [4.69, 9.17) is 4.74 Å². The Labute approximate surface area is 187 Å². The van der Waals surface area contributed by atoms with Crippen molar-refractivity contribution in [3.63, 3.8) is 0 Å². The highest BCUT2D eigenvalue weighted by Crippen LogP contribution is 2.34. The Morgan fingerprint density at radius 3 is 2.34 bits per heavy atom. The van der Waals surface area contributed by atoms with Gasteiger partial charge in [0, 0.05) is 44.0 Å². The van der Waals surface area contributed by atoms with Crippen LogP contribution in [0.1, 0.15) is 31.9 Å². The molecule has 1 N–H and O–H groups in total. The predicted octanol–water partition coefficient (Wildman–Crippen LogP) is 4.11. The molecule has 2 aliphatic heterocycles. The van der Waals surface area contributed by atoms with Gasteiger partial charge in [0.15, 0.2) is 0 Å². The largest absolute Gasteiger partial charge is 0.444 e. The molecule has 0 saturated carbocycles. The van der Waals surface area contributed by atoms with E-state index in [1.54, 1.807) is 21.9 Å². The quantitative estimate of drug-likeness (QED) is 0.780. The van der Waals surface area contributed by atoms with Crippen LogP contribution >= 0.6 is 0 Å². The average Bonchev–Trinajstić information content (AvgIpc) is 2.75. The van der Waals surface area contributed by atoms with E-state index in [9.17, 15) is 14.0 Å². The van der Waals surface area contributed by atoms with Crippen LogP contribution in [0.15, 0.2) is 42.5 Å². The van der Waals surface area contributed by atoms with Gasteiger partial charge in [-0.3, -0.25) is 4.90 Å². The number of fused-ring (bicyclic) bond motifs is 1. The van der Waals surface area contributed by atoms with Crippen molar-refractivity contribution in [2.45, 2.75) is 39.5 Å². The number of anilines is 2. The van der Waals surface area contributed by atoms with Gasteiger partial charge in [0.25, 0.3) is 0 Å². The lowest BCUT2D eigenvalue weighted by Gasteiger charge is -2.39. The molecule has 2 aromatic rings. The van der Waals surface area contributed by atoms with Gasteiger partial charge in [0.1, 0.15) is 11.4 Å². The van der Waals surface area contributed by atoms with Gasteiger partial charge in [-0.05, 0) is 50.6 Å². The van der Waals surface area contributed by atoms with Gasteiger partial charge in [-0.1, -0.05) is 18.2 Å². The minimum atomic E-state index is -0.515. The van der Waals surface area contributed by atoms with Crippen molar-refractivity contribution < 1.29 is 18.7 Å². The van der Waals surface area contributed by atoms with Crippen LogP contribution in [0.2, 0.25) is 0 Å². The average molecular weight is 441 g/mol. The molecule has 0 spiro atoms. The number of hydrogen-bond donors (Lipinski definition) is 1. The zero-order valence-corrected chi connectivity index (χ0v) is 18.7. The molecule has 0 unspecified atom stereocenters. The van der Waals surface area contributed by atoms with Gasteiger partial charge >= 0.3 is 12.1 Å². The summed E-state index contributed by atoms with van der Waals surface area (Å²) >= 11 is 0. The monoisotopic (exact) mass is 440 g/mol. The molecule has 4 rings (SSSR count). The Morgan fingerprint density at radius 1 is 1.03 bits per heavy atom. The number of benzene rings is 2. The van der Waals surface area contributed by atoms with E-state index < -0.39 is 5.60 Å². The zero-order valence-electron chi connectivity index (χ0n) is 18.7. The first-order chi connectivity index (χ1) is 15.2. The van der Waals surface area contributed by atoms with E-state index in [2.05, 4.69) is 16.3 Å². The second kappa shape index (κ2) is 8.68. The van der Waals surface area contributed by atoms with Gasteiger partial charge in [-0.25, -0.2) is 14.0 Å². The Balaban J connectivity index is 1.50. The number of ether oxygens (including phenoxy) is 1. The van der Waals surface area contributed by atoms with E-state index in [-0.39, 0.29) is 17.9 Å². The van der Waals surface area contributed by atoms with Gasteiger partial charge < -0.3 is 19.9 Å². The second-order valence-corrected chi connectivity index (χ2v) is 9.10. The molecule has 170 valence electrons. The normalized spacial score (nSPS) is 16.5. The molecular formula is C24H29FN4O3. The van der Waals surface area contributed by atoms with E-state index >= 15 is 0 Å². The number of carbonyl (C=O) groups excluding carboxylic acids is 2. The fourth-order valence-corrected chi connectivity index (χ4v) is 4.05. The molecule has 2 heterocycles. The highest BCUT2D eigenvalue weighted by atomic mass is 19.1. The van der Waals surface area contributed by atoms with Crippen molar-refractivity contribution >= 4 is 23.5 Å². The molecule has 32 heavy (non-hydrogen) atoms. The van der Waals surface area contributed by atoms with E-state index in [1.165, 1.54) is 12.1 Å². The maximum atomic E-state index is 13.3. The van der Waals surface area contributed by atoms with Crippen molar-refractivity contribution in [3.8, 4) is 0 Å². The fraction of sp³-hybridized carbons (Fsp3) is 0.417. The van der Waals surface area contributed by atoms with Crippen LogP contribution in [0.25, 0.3) is 0 Å². The number of amides is 3. The summed E-state index contributed by atoms with van der Waals surface area (Å²) < 4.78 is 18.8. The van der Waals surface area contributed by atoms with Crippen LogP contribution in [0.4, 0.5) is 25.4 Å². The molecule has 0 aliphatic carbocycles. The number of hydrogen-bond acceptors (Lipinski definition) is 4. The summed E-state index contributed by atoms with van der Waals surface area (Å²) in [7, 11) is 0. The molecule has 7 nitrogen and oxygen atoms in total. The lowest BCUT2D eigenvalue weighted by Crippen LogP contribution is -2.51. The fourth-order valence-electron chi connectivity index (χ4n) is 4.05. The second-order valence-electron chi connectivity index (χ2n) is 9.10. The molecule has 1 fully saturated rings. The molecule has 2 aliphatic rings. The Bertz CT molecular complexity index is 995. The van der Waals surface area contributed by atoms with Crippen molar-refractivity contribution in [1.29, 1.82) is 0 Å². The SMILES string of the molecule is CC(C)(C)OC(=O)N1CCN(c2cccc3c2CNC(=O)N3Cc2ccc(F)cc2)CC1. The van der Waals surface area contributed by atoms with Crippen LogP contribution in [-0.2, 0) is 17.8 Å². The van der Waals surface area contributed by atoms with Crippen molar-refractivity contribution in [2.75, 3.05) is 36.0 Å². The van der Waals surface area contributed by atoms with Crippen molar-refractivity contribution in [1.82, 2.24) is 10.2 Å². The molecule has 1 saturated heterocycles. The number of urea groups is 1. The first-order valence-electron chi connectivity index (χ1n) is 10.9. The smallest absolute Gasteiger partial charge is 0.410 e. The Morgan fingerprint density at radius 2 is 1.69 bits per heavy atom. The maximum Gasteiger partial charge on any atom is 0.410 e. The molecule has 3 amide bonds. The van der Waals surface area contributed by atoms with Gasteiger partial charge in [0.2, 0.25) is 0 Å². The third-order valence-corrected chi connectivity index (χ3v) is 5.60. The lowest BCUT2D eigenvalue weighted by atomic mass is 10.0. The summed E-state index contributed by atoms with van der Waals surface area (Å²) in [6.07, 6.45) is -0.287. The first-order valence-corrected chi connectivity index (χ1v) is 10.9. The number of nitrogens with one attached hydrogen (secondary N) is 1. The lowest BCUT2D eigenvalue weighted by molar-refractivity contribution is 0.0240. The van der Waals surface area contributed by atoms with Crippen LogP contribution in [0, 0.1) is 5.82 Å². The van der Waals surface area contributed by atoms with Gasteiger partial charge in [0.05, 0.1) is 12.2 Å². The molecule has 0 aromatic heterocycles. The number of nitrogens with zero attached hydrogens (tertiary/aromatic N) is 3. The third-order valence-electron chi connectivity index (χ3n) is 5.60. The zero-order chi connectivity index (χ0) is 22.9. The van der Waals surface area contributed by atoms with E-state index in [0.29, 0.717) is 39.3 Å². The minimum Gasteiger partial charge on any atom is -0.444 e. The summed E-state index contributed by atoms with van der Waals surface area (Å²) in [6.45, 7) is 8.90.